The van der Waals surface area contributed by atoms with Gasteiger partial charge in [-0.25, -0.2) is 4.39 Å². The second-order valence-electron chi connectivity index (χ2n) is 12.1. The molecule has 2 aromatic rings. The number of aryl methyl sites for hydroxylation is 1. The molecule has 5 aliphatic rings. The summed E-state index contributed by atoms with van der Waals surface area (Å²) in [5.74, 6) is 0.813. The van der Waals surface area contributed by atoms with E-state index in [2.05, 4.69) is 15.9 Å². The average molecular weight is 561 g/mol. The highest BCUT2D eigenvalue weighted by molar-refractivity contribution is 5.63. The fourth-order valence-electron chi connectivity index (χ4n) is 7.74. The minimum Gasteiger partial charge on any atom is -0.432 e. The molecule has 5 heterocycles. The van der Waals surface area contributed by atoms with Gasteiger partial charge in [-0.1, -0.05) is 6.07 Å². The zero-order valence-corrected chi connectivity index (χ0v) is 23.4. The highest BCUT2D eigenvalue weighted by atomic mass is 19.1. The number of hydrogen-bond donors (Lipinski definition) is 1. The van der Waals surface area contributed by atoms with Crippen LogP contribution in [-0.4, -0.2) is 66.0 Å². The predicted octanol–water partition coefficient (Wildman–Crippen LogP) is 3.93. The van der Waals surface area contributed by atoms with Crippen LogP contribution >= 0.6 is 0 Å². The fourth-order valence-corrected chi connectivity index (χ4v) is 7.74. The van der Waals surface area contributed by atoms with Gasteiger partial charge in [0.1, 0.15) is 23.7 Å². The molecule has 9 nitrogen and oxygen atoms in total. The molecule has 0 saturated carbocycles. The van der Waals surface area contributed by atoms with Crippen LogP contribution in [0.4, 0.5) is 15.9 Å². The highest BCUT2D eigenvalue weighted by Gasteiger charge is 2.47. The Morgan fingerprint density at radius 3 is 2.98 bits per heavy atom. The second kappa shape index (κ2) is 10.5. The van der Waals surface area contributed by atoms with Crippen molar-refractivity contribution in [3.63, 3.8) is 0 Å². The van der Waals surface area contributed by atoms with E-state index in [0.29, 0.717) is 43.9 Å². The van der Waals surface area contributed by atoms with Gasteiger partial charge in [-0.15, -0.1) is 0 Å². The third kappa shape index (κ3) is 4.64. The number of aromatic nitrogens is 2. The monoisotopic (exact) mass is 560 g/mol. The van der Waals surface area contributed by atoms with E-state index in [1.54, 1.807) is 6.26 Å². The van der Waals surface area contributed by atoms with Crippen molar-refractivity contribution in [2.75, 3.05) is 50.0 Å². The standard InChI is InChI=1S/C31H37FN6O3/c32-22-16-30(7-2-11-38(30)19-22)9-14-40-29-35-26-17-31(8-1-4-21-5-6-25(34)23(18-33)27(21)31)41-20-24(26)28(36-29)37-10-3-13-39-15-12-37/h5-6,9,14,22H,1-4,7-8,10-13,15-17,19-20,34H2/b14-9+/t22-,30?,31-/m1/s1. The first-order chi connectivity index (χ1) is 20.0. The van der Waals surface area contributed by atoms with E-state index in [9.17, 15) is 9.65 Å². The van der Waals surface area contributed by atoms with Gasteiger partial charge in [0.15, 0.2) is 0 Å². The van der Waals surface area contributed by atoms with Crippen molar-refractivity contribution >= 4 is 11.5 Å². The number of anilines is 2. The third-order valence-electron chi connectivity index (χ3n) is 9.65. The lowest BCUT2D eigenvalue weighted by Crippen LogP contribution is -2.41. The van der Waals surface area contributed by atoms with Crippen LogP contribution in [-0.2, 0) is 34.5 Å². The number of nitrogen functional groups attached to an aromatic ring is 1. The maximum absolute atomic E-state index is 14.3. The Hall–Kier alpha value is -3.26. The fraction of sp³-hybridized carbons (Fsp3) is 0.581. The smallest absolute Gasteiger partial charge is 0.323 e. The summed E-state index contributed by atoms with van der Waals surface area (Å²) in [5, 5.41) is 10.1. The van der Waals surface area contributed by atoms with Crippen LogP contribution < -0.4 is 15.4 Å². The van der Waals surface area contributed by atoms with Gasteiger partial charge < -0.3 is 24.8 Å². The number of nitrogens with two attached hydrogens (primary N) is 1. The molecule has 1 aliphatic carbocycles. The van der Waals surface area contributed by atoms with Gasteiger partial charge in [0, 0.05) is 61.4 Å². The predicted molar refractivity (Wildman–Crippen MR) is 151 cm³/mol. The van der Waals surface area contributed by atoms with Gasteiger partial charge in [0.25, 0.3) is 0 Å². The molecule has 10 heteroatoms. The Balaban J connectivity index is 1.26. The summed E-state index contributed by atoms with van der Waals surface area (Å²) in [6, 6.07) is 6.49. The van der Waals surface area contributed by atoms with E-state index >= 15 is 0 Å². The zero-order chi connectivity index (χ0) is 28.0. The number of ether oxygens (including phenoxy) is 3. The first kappa shape index (κ1) is 26.6. The molecule has 0 bridgehead atoms. The van der Waals surface area contributed by atoms with E-state index in [4.69, 9.17) is 29.9 Å². The lowest BCUT2D eigenvalue weighted by Gasteiger charge is -2.43. The van der Waals surface area contributed by atoms with Crippen molar-refractivity contribution in [1.29, 1.82) is 5.26 Å². The van der Waals surface area contributed by atoms with Crippen molar-refractivity contribution in [2.45, 2.75) is 75.3 Å². The van der Waals surface area contributed by atoms with Crippen LogP contribution in [0.3, 0.4) is 0 Å². The van der Waals surface area contributed by atoms with E-state index < -0.39 is 11.8 Å². The van der Waals surface area contributed by atoms with E-state index in [1.165, 1.54) is 0 Å². The Bertz CT molecular complexity index is 1400. The van der Waals surface area contributed by atoms with Gasteiger partial charge in [0.05, 0.1) is 30.7 Å². The lowest BCUT2D eigenvalue weighted by molar-refractivity contribution is -0.0856. The van der Waals surface area contributed by atoms with Crippen LogP contribution in [0.15, 0.2) is 24.5 Å². The molecular formula is C31H37FN6O3. The van der Waals surface area contributed by atoms with E-state index in [0.717, 1.165) is 93.0 Å². The quantitative estimate of drug-likeness (QED) is 0.439. The molecule has 3 fully saturated rings. The van der Waals surface area contributed by atoms with Crippen LogP contribution in [0, 0.1) is 11.3 Å². The molecular weight excluding hydrogens is 523 g/mol. The molecule has 2 N–H and O–H groups in total. The van der Waals surface area contributed by atoms with Crippen LogP contribution in [0.5, 0.6) is 6.01 Å². The average Bonchev–Trinajstić information content (AvgIpc) is 3.34. The van der Waals surface area contributed by atoms with Gasteiger partial charge in [-0.2, -0.15) is 15.2 Å². The molecule has 1 aromatic heterocycles. The van der Waals surface area contributed by atoms with E-state index in [-0.39, 0.29) is 11.5 Å². The number of alkyl halides is 1. The van der Waals surface area contributed by atoms with Crippen LogP contribution in [0.25, 0.3) is 0 Å². The van der Waals surface area contributed by atoms with Gasteiger partial charge in [0.2, 0.25) is 0 Å². The molecule has 7 rings (SSSR count). The molecule has 3 atom stereocenters. The Morgan fingerprint density at radius 1 is 1.15 bits per heavy atom. The highest BCUT2D eigenvalue weighted by Crippen LogP contribution is 2.48. The largest absolute Gasteiger partial charge is 0.432 e. The maximum Gasteiger partial charge on any atom is 0.323 e. The summed E-state index contributed by atoms with van der Waals surface area (Å²) in [6.45, 7) is 4.63. The molecule has 4 aliphatic heterocycles. The molecule has 1 aromatic carbocycles. The maximum atomic E-state index is 14.3. The van der Waals surface area contributed by atoms with Crippen molar-refractivity contribution < 1.29 is 18.6 Å². The summed E-state index contributed by atoms with van der Waals surface area (Å²) in [5.41, 5.74) is 10.2. The summed E-state index contributed by atoms with van der Waals surface area (Å²) in [7, 11) is 0. The molecule has 3 saturated heterocycles. The number of halogens is 1. The molecule has 0 amide bonds. The van der Waals surface area contributed by atoms with Crippen molar-refractivity contribution in [3.05, 3.63) is 52.4 Å². The summed E-state index contributed by atoms with van der Waals surface area (Å²) < 4.78 is 32.8. The second-order valence-corrected chi connectivity index (χ2v) is 12.1. The van der Waals surface area contributed by atoms with Gasteiger partial charge in [-0.3, -0.25) is 4.90 Å². The Morgan fingerprint density at radius 2 is 2.07 bits per heavy atom. The third-order valence-corrected chi connectivity index (χ3v) is 9.65. The normalized spacial score (nSPS) is 29.7. The SMILES string of the molecule is N#Cc1c(N)ccc2c1[C@@]1(CCC2)Cc2nc(O/C=C/C34CCCN3C[C@H](F)C4)nc(N3CCCOCC3)c2CO1. The number of fused-ring (bicyclic) bond motifs is 4. The van der Waals surface area contributed by atoms with E-state index in [1.807, 2.05) is 18.2 Å². The Kier molecular flexibility index (Phi) is 6.84. The topological polar surface area (TPSA) is 110 Å². The lowest BCUT2D eigenvalue weighted by atomic mass is 9.72. The molecule has 216 valence electrons. The number of hydrogen-bond acceptors (Lipinski definition) is 9. The number of rotatable bonds is 4. The van der Waals surface area contributed by atoms with Crippen LogP contribution in [0.2, 0.25) is 0 Å². The minimum atomic E-state index is -0.807. The van der Waals surface area contributed by atoms with Gasteiger partial charge in [-0.05, 0) is 62.8 Å². The molecule has 1 spiro atoms. The summed E-state index contributed by atoms with van der Waals surface area (Å²) >= 11 is 0. The summed E-state index contributed by atoms with van der Waals surface area (Å²) in [6.07, 6.45) is 9.40. The van der Waals surface area contributed by atoms with Crippen molar-refractivity contribution in [3.8, 4) is 12.1 Å². The molecule has 1 unspecified atom stereocenters. The minimum absolute atomic E-state index is 0.275. The zero-order valence-electron chi connectivity index (χ0n) is 23.4. The van der Waals surface area contributed by atoms with Crippen molar-refractivity contribution in [1.82, 2.24) is 14.9 Å². The number of benzene rings is 1. The Labute approximate surface area is 240 Å². The first-order valence-electron chi connectivity index (χ1n) is 14.9. The molecule has 0 radical (unpaired) electrons. The summed E-state index contributed by atoms with van der Waals surface area (Å²) in [4.78, 5) is 14.3. The first-order valence-corrected chi connectivity index (χ1v) is 14.9. The van der Waals surface area contributed by atoms with Crippen LogP contribution in [0.1, 0.15) is 66.5 Å². The number of nitriles is 1. The van der Waals surface area contributed by atoms with Crippen molar-refractivity contribution in [2.24, 2.45) is 0 Å². The molecule has 41 heavy (non-hydrogen) atoms. The number of nitrogens with zero attached hydrogens (tertiary/aromatic N) is 5. The van der Waals surface area contributed by atoms with Gasteiger partial charge >= 0.3 is 6.01 Å².